The monoisotopic (exact) mass is 339 g/mol. The SMILES string of the molecule is CCCCN1N=CN(C)C1C(Cl)(Cl)C(Cl)(Cl)Cl. The van der Waals surface area contributed by atoms with Crippen LogP contribution in [0.1, 0.15) is 19.8 Å². The maximum Gasteiger partial charge on any atom is 0.227 e. The van der Waals surface area contributed by atoms with Gasteiger partial charge in [-0.2, -0.15) is 5.10 Å². The molecule has 1 aliphatic rings. The summed E-state index contributed by atoms with van der Waals surface area (Å²) in [7, 11) is 1.79. The van der Waals surface area contributed by atoms with E-state index < -0.39 is 14.3 Å². The number of hydrazone groups is 1. The van der Waals surface area contributed by atoms with Crippen molar-refractivity contribution < 1.29 is 0 Å². The molecule has 0 saturated heterocycles. The van der Waals surface area contributed by atoms with Crippen molar-refractivity contribution in [1.29, 1.82) is 0 Å². The first kappa shape index (κ1) is 15.8. The molecule has 1 aliphatic heterocycles. The molecule has 0 fully saturated rings. The number of halogens is 5. The first-order valence-corrected chi connectivity index (χ1v) is 7.08. The number of nitrogens with zero attached hydrogens (tertiary/aromatic N) is 3. The Morgan fingerprint density at radius 1 is 1.24 bits per heavy atom. The van der Waals surface area contributed by atoms with E-state index in [0.29, 0.717) is 6.54 Å². The van der Waals surface area contributed by atoms with Gasteiger partial charge in [-0.15, -0.1) is 0 Å². The lowest BCUT2D eigenvalue weighted by Gasteiger charge is -2.40. The highest BCUT2D eigenvalue weighted by Gasteiger charge is 2.56. The van der Waals surface area contributed by atoms with Crippen LogP contribution in [0.4, 0.5) is 0 Å². The van der Waals surface area contributed by atoms with Gasteiger partial charge in [0, 0.05) is 13.6 Å². The molecule has 1 heterocycles. The Balaban J connectivity index is 2.86. The van der Waals surface area contributed by atoms with Crippen LogP contribution in [0, 0.1) is 0 Å². The van der Waals surface area contributed by atoms with E-state index in [1.165, 1.54) is 0 Å². The average molecular weight is 341 g/mol. The van der Waals surface area contributed by atoms with Crippen molar-refractivity contribution in [2.75, 3.05) is 13.6 Å². The molecule has 17 heavy (non-hydrogen) atoms. The summed E-state index contributed by atoms with van der Waals surface area (Å²) in [4.78, 5) is 1.73. The molecule has 0 spiro atoms. The second-order valence-corrected chi connectivity index (χ2v) is 7.57. The van der Waals surface area contributed by atoms with Crippen LogP contribution in [0.5, 0.6) is 0 Å². The lowest BCUT2D eigenvalue weighted by molar-refractivity contribution is 0.129. The summed E-state index contributed by atoms with van der Waals surface area (Å²) in [6.45, 7) is 2.80. The van der Waals surface area contributed by atoms with E-state index in [9.17, 15) is 0 Å². The summed E-state index contributed by atoms with van der Waals surface area (Å²) >= 11 is 29.9. The predicted octanol–water partition coefficient (Wildman–Crippen LogP) is 3.85. The summed E-state index contributed by atoms with van der Waals surface area (Å²) in [6.07, 6.45) is 3.12. The molecular formula is C9H14Cl5N3. The first-order chi connectivity index (χ1) is 7.71. The van der Waals surface area contributed by atoms with Crippen LogP contribution in [0.15, 0.2) is 5.10 Å². The summed E-state index contributed by atoms with van der Waals surface area (Å²) in [6, 6.07) is 0. The molecule has 0 amide bonds. The molecule has 0 aromatic carbocycles. The number of unbranched alkanes of at least 4 members (excludes halogenated alkanes) is 1. The third-order valence-corrected chi connectivity index (χ3v) is 4.93. The molecule has 3 nitrogen and oxygen atoms in total. The van der Waals surface area contributed by atoms with Crippen molar-refractivity contribution >= 4 is 64.3 Å². The minimum absolute atomic E-state index is 0.495. The number of hydrogen-bond acceptors (Lipinski definition) is 3. The highest BCUT2D eigenvalue weighted by atomic mass is 35.6. The first-order valence-electron chi connectivity index (χ1n) is 5.19. The van der Waals surface area contributed by atoms with Gasteiger partial charge < -0.3 is 4.90 Å². The Bertz CT molecular complexity index is 289. The molecule has 0 aromatic heterocycles. The van der Waals surface area contributed by atoms with Crippen molar-refractivity contribution in [3.05, 3.63) is 0 Å². The second kappa shape index (κ2) is 5.79. The van der Waals surface area contributed by atoms with Crippen LogP contribution in [-0.2, 0) is 0 Å². The Labute approximate surface area is 127 Å². The second-order valence-electron chi connectivity index (χ2n) is 3.91. The van der Waals surface area contributed by atoms with Crippen molar-refractivity contribution in [3.63, 3.8) is 0 Å². The van der Waals surface area contributed by atoms with Gasteiger partial charge in [0.15, 0.2) is 6.17 Å². The lowest BCUT2D eigenvalue weighted by Crippen LogP contribution is -2.55. The standard InChI is InChI=1S/C9H14Cl5N3/c1-3-4-5-17-7(16(2)6-15-17)8(10,11)9(12,13)14/h6-7H,3-5H2,1-2H3. The van der Waals surface area contributed by atoms with Crippen molar-refractivity contribution in [2.24, 2.45) is 5.10 Å². The van der Waals surface area contributed by atoms with Gasteiger partial charge in [-0.05, 0) is 6.42 Å². The highest BCUT2D eigenvalue weighted by molar-refractivity contribution is 6.75. The van der Waals surface area contributed by atoms with E-state index in [2.05, 4.69) is 12.0 Å². The molecule has 0 saturated carbocycles. The Kier molecular flexibility index (Phi) is 5.37. The van der Waals surface area contributed by atoms with E-state index in [4.69, 9.17) is 58.0 Å². The Morgan fingerprint density at radius 2 is 1.82 bits per heavy atom. The molecule has 100 valence electrons. The fourth-order valence-corrected chi connectivity index (χ4v) is 2.40. The fourth-order valence-electron chi connectivity index (χ4n) is 1.57. The normalized spacial score (nSPS) is 21.5. The van der Waals surface area contributed by atoms with Crippen LogP contribution in [0.25, 0.3) is 0 Å². The van der Waals surface area contributed by atoms with E-state index in [-0.39, 0.29) is 0 Å². The zero-order valence-electron chi connectivity index (χ0n) is 9.51. The molecule has 8 heteroatoms. The van der Waals surface area contributed by atoms with Crippen LogP contribution in [0.2, 0.25) is 0 Å². The third kappa shape index (κ3) is 3.38. The molecular weight excluding hydrogens is 327 g/mol. The molecule has 0 radical (unpaired) electrons. The minimum atomic E-state index is -1.80. The molecule has 0 aromatic rings. The minimum Gasteiger partial charge on any atom is -0.340 e. The maximum atomic E-state index is 6.19. The Morgan fingerprint density at radius 3 is 2.29 bits per heavy atom. The average Bonchev–Trinajstić information content (AvgIpc) is 2.55. The van der Waals surface area contributed by atoms with Gasteiger partial charge in [0.1, 0.15) is 6.34 Å². The summed E-state index contributed by atoms with van der Waals surface area (Å²) in [5.41, 5.74) is 0. The van der Waals surface area contributed by atoms with Crippen LogP contribution in [-0.4, -0.2) is 44.1 Å². The largest absolute Gasteiger partial charge is 0.340 e. The lowest BCUT2D eigenvalue weighted by atomic mass is 10.2. The molecule has 1 unspecified atom stereocenters. The number of hydrogen-bond donors (Lipinski definition) is 0. The van der Waals surface area contributed by atoms with E-state index in [0.717, 1.165) is 12.8 Å². The number of alkyl halides is 5. The summed E-state index contributed by atoms with van der Waals surface area (Å²) in [5, 5.41) is 5.95. The molecule has 0 N–H and O–H groups in total. The maximum absolute atomic E-state index is 6.19. The third-order valence-electron chi connectivity index (χ3n) is 2.49. The van der Waals surface area contributed by atoms with Gasteiger partial charge >= 0.3 is 0 Å². The van der Waals surface area contributed by atoms with Crippen LogP contribution < -0.4 is 0 Å². The molecule has 0 aliphatic carbocycles. The van der Waals surface area contributed by atoms with Crippen LogP contribution in [0.3, 0.4) is 0 Å². The zero-order chi connectivity index (χ0) is 13.3. The van der Waals surface area contributed by atoms with Gasteiger partial charge in [-0.25, -0.2) is 0 Å². The van der Waals surface area contributed by atoms with Crippen LogP contribution >= 0.6 is 58.0 Å². The van der Waals surface area contributed by atoms with E-state index in [1.807, 2.05) is 0 Å². The summed E-state index contributed by atoms with van der Waals surface area (Å²) < 4.78 is -3.37. The van der Waals surface area contributed by atoms with Gasteiger partial charge in [0.25, 0.3) is 0 Å². The van der Waals surface area contributed by atoms with Crippen molar-refractivity contribution in [1.82, 2.24) is 9.91 Å². The van der Waals surface area contributed by atoms with Gasteiger partial charge in [-0.1, -0.05) is 71.3 Å². The van der Waals surface area contributed by atoms with E-state index in [1.54, 1.807) is 23.3 Å². The highest BCUT2D eigenvalue weighted by Crippen LogP contribution is 2.50. The van der Waals surface area contributed by atoms with Crippen molar-refractivity contribution in [2.45, 2.75) is 34.1 Å². The zero-order valence-corrected chi connectivity index (χ0v) is 13.3. The quantitative estimate of drug-likeness (QED) is 0.723. The van der Waals surface area contributed by atoms with Gasteiger partial charge in [0.2, 0.25) is 8.13 Å². The van der Waals surface area contributed by atoms with Crippen molar-refractivity contribution in [3.8, 4) is 0 Å². The fraction of sp³-hybridized carbons (Fsp3) is 0.889. The summed E-state index contributed by atoms with van der Waals surface area (Å²) in [5.74, 6) is 0. The molecule has 0 bridgehead atoms. The topological polar surface area (TPSA) is 18.8 Å². The molecule has 1 atom stereocenters. The molecule has 1 rings (SSSR count). The smallest absolute Gasteiger partial charge is 0.227 e. The Hall–Kier alpha value is 0.720. The van der Waals surface area contributed by atoms with Gasteiger partial charge in [-0.3, -0.25) is 5.01 Å². The predicted molar refractivity (Wildman–Crippen MR) is 76.4 cm³/mol. The number of rotatable bonds is 4. The van der Waals surface area contributed by atoms with Gasteiger partial charge in [0.05, 0.1) is 0 Å². The van der Waals surface area contributed by atoms with E-state index >= 15 is 0 Å².